The van der Waals surface area contributed by atoms with E-state index in [1.165, 1.54) is 111 Å². The van der Waals surface area contributed by atoms with Crippen LogP contribution >= 0.6 is 0 Å². The SMILES string of the molecule is Cc1cc(C)cc(N(c2ccc3c(c2)C(C)(C)c2cc(C=Cc4ccc5c(c4)C(C)(C)c4cc(C=Cc6ccc7c(c6)C(C)(C)c6cc(N(c8cc(C)cc(C)c8)c8ncncn8)ccc6-7)ccc4-5)ccc2-3)c2ncncn2)c1. The van der Waals surface area contributed by atoms with Gasteiger partial charge in [0.15, 0.2) is 0 Å². The molecule has 79 heavy (non-hydrogen) atoms. The van der Waals surface area contributed by atoms with Crippen molar-refractivity contribution in [3.8, 4) is 33.4 Å². The molecule has 0 aliphatic heterocycles. The molecule has 8 nitrogen and oxygen atoms in total. The zero-order chi connectivity index (χ0) is 54.5. The third kappa shape index (κ3) is 8.45. The number of hydrogen-bond donors (Lipinski definition) is 0. The highest BCUT2D eigenvalue weighted by Crippen LogP contribution is 2.54. The molecule has 386 valence electrons. The van der Waals surface area contributed by atoms with Crippen molar-refractivity contribution >= 4 is 59.0 Å². The maximum Gasteiger partial charge on any atom is 0.237 e. The van der Waals surface area contributed by atoms with E-state index in [1.54, 1.807) is 25.3 Å². The number of hydrogen-bond acceptors (Lipinski definition) is 8. The molecule has 3 aliphatic rings. The Hall–Kier alpha value is -9.14. The van der Waals surface area contributed by atoms with Crippen LogP contribution in [0.4, 0.5) is 34.6 Å². The van der Waals surface area contributed by atoms with Gasteiger partial charge >= 0.3 is 0 Å². The molecule has 10 aromatic rings. The first kappa shape index (κ1) is 49.4. The Morgan fingerprint density at radius 1 is 0.291 bits per heavy atom. The minimum Gasteiger partial charge on any atom is -0.279 e. The first-order valence-electron chi connectivity index (χ1n) is 27.3. The molecule has 13 rings (SSSR count). The predicted octanol–water partition coefficient (Wildman–Crippen LogP) is 17.5. The van der Waals surface area contributed by atoms with Gasteiger partial charge in [0.05, 0.1) is 0 Å². The van der Waals surface area contributed by atoms with Gasteiger partial charge in [-0.05, 0) is 187 Å². The van der Waals surface area contributed by atoms with Gasteiger partial charge in [0.1, 0.15) is 25.3 Å². The van der Waals surface area contributed by atoms with Crippen LogP contribution in [0, 0.1) is 27.7 Å². The molecule has 2 heterocycles. The Morgan fingerprint density at radius 2 is 0.544 bits per heavy atom. The lowest BCUT2D eigenvalue weighted by atomic mass is 9.81. The van der Waals surface area contributed by atoms with Crippen LogP contribution in [0.2, 0.25) is 0 Å². The third-order valence-corrected chi connectivity index (χ3v) is 16.8. The summed E-state index contributed by atoms with van der Waals surface area (Å²) in [7, 11) is 0. The quantitative estimate of drug-likeness (QED) is 0.125. The number of benzene rings is 8. The van der Waals surface area contributed by atoms with Crippen LogP contribution in [0.15, 0.2) is 171 Å². The average Bonchev–Trinajstić information content (AvgIpc) is 3.79. The van der Waals surface area contributed by atoms with Crippen molar-refractivity contribution in [3.63, 3.8) is 0 Å². The fourth-order valence-electron chi connectivity index (χ4n) is 13.0. The summed E-state index contributed by atoms with van der Waals surface area (Å²) in [5.74, 6) is 1.18. The fourth-order valence-corrected chi connectivity index (χ4v) is 13.0. The third-order valence-electron chi connectivity index (χ3n) is 16.8. The summed E-state index contributed by atoms with van der Waals surface area (Å²) in [5, 5.41) is 0. The molecule has 8 aromatic carbocycles. The summed E-state index contributed by atoms with van der Waals surface area (Å²) in [6, 6.07) is 54.5. The summed E-state index contributed by atoms with van der Waals surface area (Å²) in [4.78, 5) is 30.9. The highest BCUT2D eigenvalue weighted by Gasteiger charge is 2.39. The van der Waals surface area contributed by atoms with Gasteiger partial charge in [0.25, 0.3) is 0 Å². The fraction of sp³-hybridized carbons (Fsp3) is 0.183. The van der Waals surface area contributed by atoms with Crippen LogP contribution in [-0.4, -0.2) is 29.9 Å². The van der Waals surface area contributed by atoms with E-state index in [-0.39, 0.29) is 16.2 Å². The van der Waals surface area contributed by atoms with E-state index >= 15 is 0 Å². The summed E-state index contributed by atoms with van der Waals surface area (Å²) < 4.78 is 0. The molecule has 0 fully saturated rings. The zero-order valence-corrected chi connectivity index (χ0v) is 46.6. The number of aryl methyl sites for hydroxylation is 4. The molecule has 0 spiro atoms. The minimum absolute atomic E-state index is 0.169. The Morgan fingerprint density at radius 3 is 0.823 bits per heavy atom. The van der Waals surface area contributed by atoms with Gasteiger partial charge in [0, 0.05) is 39.0 Å². The molecular weight excluding hydrogens is 965 g/mol. The van der Waals surface area contributed by atoms with E-state index in [0.29, 0.717) is 11.9 Å². The van der Waals surface area contributed by atoms with Crippen LogP contribution < -0.4 is 9.80 Å². The lowest BCUT2D eigenvalue weighted by Gasteiger charge is -2.27. The number of nitrogens with zero attached hydrogens (tertiary/aromatic N) is 8. The van der Waals surface area contributed by atoms with Crippen molar-refractivity contribution in [1.82, 2.24) is 29.9 Å². The Labute approximate surface area is 464 Å². The second-order valence-corrected chi connectivity index (χ2v) is 23.5. The first-order chi connectivity index (χ1) is 38.0. The molecule has 0 amide bonds. The van der Waals surface area contributed by atoms with E-state index in [1.807, 2.05) is 0 Å². The first-order valence-corrected chi connectivity index (χ1v) is 27.3. The molecule has 0 radical (unpaired) electrons. The Kier molecular flexibility index (Phi) is 11.6. The second kappa shape index (κ2) is 18.5. The standard InChI is InChI=1S/C71H62N8/c1-43-27-44(2)30-53(29-43)78(67-74-39-72-40-75-67)51-19-25-59-57-23-17-49(35-63(57)70(7,8)65(59)37-51)13-11-47-15-21-55-56-22-16-48(34-62(56)69(5,6)61(55)33-47)12-14-50-18-24-58-60-26-20-52(38-66(60)71(9,10)64(58)36-50)79(68-76-41-73-42-77-68)54-31-45(3)28-46(4)32-54/h11-42H,1-10H3. The van der Waals surface area contributed by atoms with E-state index < -0.39 is 0 Å². The van der Waals surface area contributed by atoms with E-state index in [2.05, 4.69) is 279 Å². The lowest BCUT2D eigenvalue weighted by molar-refractivity contribution is 0.660. The van der Waals surface area contributed by atoms with E-state index in [4.69, 9.17) is 0 Å². The van der Waals surface area contributed by atoms with Gasteiger partial charge < -0.3 is 0 Å². The van der Waals surface area contributed by atoms with Crippen molar-refractivity contribution in [2.75, 3.05) is 9.80 Å². The Balaban J connectivity index is 0.733. The van der Waals surface area contributed by atoms with Crippen molar-refractivity contribution in [1.29, 1.82) is 0 Å². The number of rotatable bonds is 10. The maximum atomic E-state index is 4.60. The van der Waals surface area contributed by atoms with Gasteiger partial charge in [-0.3, -0.25) is 9.80 Å². The van der Waals surface area contributed by atoms with Gasteiger partial charge in [0.2, 0.25) is 11.9 Å². The normalized spacial score (nSPS) is 14.7. The van der Waals surface area contributed by atoms with Crippen molar-refractivity contribution < 1.29 is 0 Å². The largest absolute Gasteiger partial charge is 0.279 e. The van der Waals surface area contributed by atoms with Crippen LogP contribution in [-0.2, 0) is 16.2 Å². The molecule has 0 saturated carbocycles. The molecule has 0 bridgehead atoms. The monoisotopic (exact) mass is 1030 g/mol. The van der Waals surface area contributed by atoms with Crippen LogP contribution in [0.1, 0.15) is 119 Å². The second-order valence-electron chi connectivity index (χ2n) is 23.5. The van der Waals surface area contributed by atoms with Crippen LogP contribution in [0.5, 0.6) is 0 Å². The van der Waals surface area contributed by atoms with Crippen LogP contribution in [0.3, 0.4) is 0 Å². The number of anilines is 6. The van der Waals surface area contributed by atoms with Gasteiger partial charge in [-0.15, -0.1) is 0 Å². The van der Waals surface area contributed by atoms with Crippen LogP contribution in [0.25, 0.3) is 57.7 Å². The molecule has 0 N–H and O–H groups in total. The van der Waals surface area contributed by atoms with Gasteiger partial charge in [-0.2, -0.15) is 0 Å². The smallest absolute Gasteiger partial charge is 0.237 e. The molecule has 0 unspecified atom stereocenters. The Bertz CT molecular complexity index is 3860. The molecule has 0 saturated heterocycles. The summed E-state index contributed by atoms with van der Waals surface area (Å²) in [6.07, 6.45) is 15.3. The topological polar surface area (TPSA) is 83.8 Å². The average molecular weight is 1030 g/mol. The van der Waals surface area contributed by atoms with E-state index in [0.717, 1.165) is 22.7 Å². The highest BCUT2D eigenvalue weighted by atomic mass is 15.3. The van der Waals surface area contributed by atoms with E-state index in [9.17, 15) is 0 Å². The summed E-state index contributed by atoms with van der Waals surface area (Å²) in [5.41, 5.74) is 28.6. The predicted molar refractivity (Wildman–Crippen MR) is 325 cm³/mol. The van der Waals surface area contributed by atoms with Gasteiger partial charge in [-0.25, -0.2) is 29.9 Å². The lowest BCUT2D eigenvalue weighted by Crippen LogP contribution is -2.17. The van der Waals surface area contributed by atoms with Crippen molar-refractivity contribution in [2.24, 2.45) is 0 Å². The molecule has 0 atom stereocenters. The maximum absolute atomic E-state index is 4.60. The molecule has 8 heteroatoms. The summed E-state index contributed by atoms with van der Waals surface area (Å²) in [6.45, 7) is 22.6. The van der Waals surface area contributed by atoms with Crippen molar-refractivity contribution in [3.05, 3.63) is 249 Å². The zero-order valence-electron chi connectivity index (χ0n) is 46.6. The summed E-state index contributed by atoms with van der Waals surface area (Å²) >= 11 is 0. The molecular formula is C71H62N8. The minimum atomic E-state index is -0.228. The number of fused-ring (bicyclic) bond motifs is 9. The van der Waals surface area contributed by atoms with Gasteiger partial charge in [-0.1, -0.05) is 163 Å². The highest BCUT2D eigenvalue weighted by molar-refractivity contribution is 5.90. The molecule has 2 aromatic heterocycles. The number of aromatic nitrogens is 6. The molecule has 3 aliphatic carbocycles. The van der Waals surface area contributed by atoms with Crippen molar-refractivity contribution in [2.45, 2.75) is 85.5 Å².